The van der Waals surface area contributed by atoms with Crippen molar-refractivity contribution in [2.45, 2.75) is 18.8 Å². The van der Waals surface area contributed by atoms with Crippen molar-refractivity contribution in [3.05, 3.63) is 17.7 Å². The van der Waals surface area contributed by atoms with Gasteiger partial charge in [-0.1, -0.05) is 0 Å². The lowest BCUT2D eigenvalue weighted by Crippen LogP contribution is -2.06. The number of hydrogen-bond donors (Lipinski definition) is 2. The average Bonchev–Trinajstić information content (AvgIpc) is 2.73. The minimum atomic E-state index is -2.83. The molecule has 84 valence electrons. The molecule has 2 heterocycles. The zero-order chi connectivity index (χ0) is 10.9. The van der Waals surface area contributed by atoms with E-state index in [4.69, 9.17) is 5.73 Å². The van der Waals surface area contributed by atoms with E-state index in [1.165, 1.54) is 0 Å². The van der Waals surface area contributed by atoms with E-state index in [0.29, 0.717) is 13.0 Å². The first-order valence-corrected chi connectivity index (χ1v) is 6.87. The number of aromatic amines is 1. The predicted molar refractivity (Wildman–Crippen MR) is 57.4 cm³/mol. The topological polar surface area (TPSA) is 88.8 Å². The smallest absolute Gasteiger partial charge is 0.151 e. The standard InChI is InChI=1S/C9H15N3O2S/c10-3-1-8-5-11-9(12-8)7-2-4-15(13,14)6-7/h5,7H,1-4,6,10H2,(H,11,12). The van der Waals surface area contributed by atoms with Crippen LogP contribution < -0.4 is 5.73 Å². The molecule has 3 N–H and O–H groups in total. The molecule has 5 nitrogen and oxygen atoms in total. The third-order valence-corrected chi connectivity index (χ3v) is 4.45. The first-order chi connectivity index (χ1) is 7.11. The van der Waals surface area contributed by atoms with Gasteiger partial charge in [0.25, 0.3) is 0 Å². The number of H-pyrrole nitrogens is 1. The largest absolute Gasteiger partial charge is 0.346 e. The lowest BCUT2D eigenvalue weighted by atomic mass is 10.1. The monoisotopic (exact) mass is 229 g/mol. The van der Waals surface area contributed by atoms with E-state index in [0.717, 1.165) is 17.9 Å². The highest BCUT2D eigenvalue weighted by atomic mass is 32.2. The molecule has 6 heteroatoms. The van der Waals surface area contributed by atoms with Crippen LogP contribution in [0.1, 0.15) is 23.9 Å². The molecule has 1 aliphatic rings. The molecule has 1 aromatic heterocycles. The van der Waals surface area contributed by atoms with Crippen molar-refractivity contribution >= 4 is 9.84 Å². The Bertz CT molecular complexity index is 438. The number of imidazole rings is 1. The second-order valence-electron chi connectivity index (χ2n) is 3.93. The highest BCUT2D eigenvalue weighted by molar-refractivity contribution is 7.91. The number of nitrogens with two attached hydrogens (primary N) is 1. The molecule has 1 aliphatic heterocycles. The number of nitrogens with one attached hydrogen (secondary N) is 1. The van der Waals surface area contributed by atoms with Crippen molar-refractivity contribution < 1.29 is 8.42 Å². The van der Waals surface area contributed by atoms with Gasteiger partial charge in [0.1, 0.15) is 5.82 Å². The lowest BCUT2D eigenvalue weighted by Gasteiger charge is -2.02. The molecule has 0 aromatic carbocycles. The Kier molecular flexibility index (Phi) is 2.79. The molecular weight excluding hydrogens is 214 g/mol. The van der Waals surface area contributed by atoms with E-state index in [2.05, 4.69) is 9.97 Å². The van der Waals surface area contributed by atoms with Gasteiger partial charge in [-0.15, -0.1) is 0 Å². The maximum absolute atomic E-state index is 11.3. The number of hydrogen-bond acceptors (Lipinski definition) is 4. The van der Waals surface area contributed by atoms with Crippen molar-refractivity contribution in [2.75, 3.05) is 18.1 Å². The molecule has 0 amide bonds. The maximum Gasteiger partial charge on any atom is 0.151 e. The second-order valence-corrected chi connectivity index (χ2v) is 6.16. The maximum atomic E-state index is 11.3. The van der Waals surface area contributed by atoms with Gasteiger partial charge in [-0.25, -0.2) is 13.4 Å². The van der Waals surface area contributed by atoms with Gasteiger partial charge >= 0.3 is 0 Å². The molecule has 2 rings (SSSR count). The zero-order valence-electron chi connectivity index (χ0n) is 8.44. The van der Waals surface area contributed by atoms with Crippen LogP contribution in [0.5, 0.6) is 0 Å². The Hall–Kier alpha value is -0.880. The summed E-state index contributed by atoms with van der Waals surface area (Å²) in [5.41, 5.74) is 6.41. The van der Waals surface area contributed by atoms with E-state index in [9.17, 15) is 8.42 Å². The van der Waals surface area contributed by atoms with Crippen molar-refractivity contribution in [3.63, 3.8) is 0 Å². The third-order valence-electron chi connectivity index (χ3n) is 2.68. The minimum absolute atomic E-state index is 0.0431. The van der Waals surface area contributed by atoms with Crippen LogP contribution in [0.25, 0.3) is 0 Å². The van der Waals surface area contributed by atoms with Crippen LogP contribution in [0.4, 0.5) is 0 Å². The van der Waals surface area contributed by atoms with Gasteiger partial charge in [0, 0.05) is 24.2 Å². The molecule has 1 atom stereocenters. The van der Waals surface area contributed by atoms with Crippen molar-refractivity contribution in [3.8, 4) is 0 Å². The van der Waals surface area contributed by atoms with Crippen LogP contribution in [-0.4, -0.2) is 36.4 Å². The van der Waals surface area contributed by atoms with Crippen molar-refractivity contribution in [2.24, 2.45) is 5.73 Å². The quantitative estimate of drug-likeness (QED) is 0.752. The normalized spacial score (nSPS) is 24.5. The number of sulfone groups is 1. The van der Waals surface area contributed by atoms with Gasteiger partial charge in [0.05, 0.1) is 11.5 Å². The van der Waals surface area contributed by atoms with Crippen molar-refractivity contribution in [1.82, 2.24) is 9.97 Å². The van der Waals surface area contributed by atoms with Crippen LogP contribution in [0.15, 0.2) is 6.20 Å². The van der Waals surface area contributed by atoms with Gasteiger partial charge < -0.3 is 10.7 Å². The van der Waals surface area contributed by atoms with Crippen LogP contribution in [0.3, 0.4) is 0 Å². The number of nitrogens with zero attached hydrogens (tertiary/aromatic N) is 1. The van der Waals surface area contributed by atoms with E-state index in [1.54, 1.807) is 6.20 Å². The fourth-order valence-corrected chi connectivity index (χ4v) is 3.63. The van der Waals surface area contributed by atoms with Gasteiger partial charge in [0.15, 0.2) is 9.84 Å². The Morgan fingerprint density at radius 2 is 2.40 bits per heavy atom. The number of rotatable bonds is 3. The first kappa shape index (κ1) is 10.6. The van der Waals surface area contributed by atoms with Crippen LogP contribution in [-0.2, 0) is 16.3 Å². The molecule has 0 bridgehead atoms. The summed E-state index contributed by atoms with van der Waals surface area (Å²) >= 11 is 0. The highest BCUT2D eigenvalue weighted by Gasteiger charge is 2.30. The van der Waals surface area contributed by atoms with Crippen LogP contribution in [0.2, 0.25) is 0 Å². The highest BCUT2D eigenvalue weighted by Crippen LogP contribution is 2.26. The first-order valence-electron chi connectivity index (χ1n) is 5.05. The van der Waals surface area contributed by atoms with E-state index in [-0.39, 0.29) is 17.4 Å². The Labute approximate surface area is 89.0 Å². The molecule has 0 radical (unpaired) electrons. The molecule has 15 heavy (non-hydrogen) atoms. The van der Waals surface area contributed by atoms with Gasteiger partial charge in [-0.2, -0.15) is 0 Å². The van der Waals surface area contributed by atoms with E-state index >= 15 is 0 Å². The molecule has 0 aliphatic carbocycles. The summed E-state index contributed by atoms with van der Waals surface area (Å²) in [6, 6.07) is 0. The SMILES string of the molecule is NCCc1cnc(C2CCS(=O)(=O)C2)[nH]1. The Morgan fingerprint density at radius 1 is 1.60 bits per heavy atom. The van der Waals surface area contributed by atoms with Gasteiger partial charge in [0.2, 0.25) is 0 Å². The van der Waals surface area contributed by atoms with Crippen molar-refractivity contribution in [1.29, 1.82) is 0 Å². The fraction of sp³-hybridized carbons (Fsp3) is 0.667. The molecule has 1 fully saturated rings. The second kappa shape index (κ2) is 3.94. The molecule has 0 spiro atoms. The Balaban J connectivity index is 2.10. The van der Waals surface area contributed by atoms with Crippen LogP contribution in [0, 0.1) is 0 Å². The van der Waals surface area contributed by atoms with E-state index in [1.807, 2.05) is 0 Å². The summed E-state index contributed by atoms with van der Waals surface area (Å²) in [4.78, 5) is 7.35. The van der Waals surface area contributed by atoms with E-state index < -0.39 is 9.84 Å². The average molecular weight is 229 g/mol. The molecule has 1 unspecified atom stereocenters. The van der Waals surface area contributed by atoms with Gasteiger partial charge in [-0.05, 0) is 13.0 Å². The summed E-state index contributed by atoms with van der Waals surface area (Å²) in [6.45, 7) is 0.574. The fourth-order valence-electron chi connectivity index (χ4n) is 1.88. The summed E-state index contributed by atoms with van der Waals surface area (Å²) in [5, 5.41) is 0. The molecule has 1 saturated heterocycles. The molecular formula is C9H15N3O2S. The Morgan fingerprint density at radius 3 is 3.00 bits per heavy atom. The zero-order valence-corrected chi connectivity index (χ0v) is 9.26. The minimum Gasteiger partial charge on any atom is -0.346 e. The summed E-state index contributed by atoms with van der Waals surface area (Å²) in [7, 11) is -2.83. The predicted octanol–water partition coefficient (Wildman–Crippen LogP) is -0.187. The summed E-state index contributed by atoms with van der Waals surface area (Å²) in [6.07, 6.45) is 3.18. The molecule has 1 aromatic rings. The lowest BCUT2D eigenvalue weighted by molar-refractivity contribution is 0.601. The third kappa shape index (κ3) is 2.38. The van der Waals surface area contributed by atoms with Crippen LogP contribution >= 0.6 is 0 Å². The van der Waals surface area contributed by atoms with Gasteiger partial charge in [-0.3, -0.25) is 0 Å². The summed E-state index contributed by atoms with van der Waals surface area (Å²) < 4.78 is 22.6. The molecule has 0 saturated carbocycles. The summed E-state index contributed by atoms with van der Waals surface area (Å²) in [5.74, 6) is 1.34. The number of aromatic nitrogens is 2.